The van der Waals surface area contributed by atoms with Crippen molar-refractivity contribution in [1.29, 1.82) is 0 Å². The summed E-state index contributed by atoms with van der Waals surface area (Å²) in [6.45, 7) is 3.07. The number of hydrogen-bond acceptors (Lipinski definition) is 4. The molecule has 0 unspecified atom stereocenters. The average Bonchev–Trinajstić information content (AvgIpc) is 2.89. The SMILES string of the molecule is CCc1cnc(C2=CC=C3C=CC=CC(=C2)C3)n1C1=CCCNC(SC)=N1. The van der Waals surface area contributed by atoms with E-state index in [4.69, 9.17) is 9.98 Å². The van der Waals surface area contributed by atoms with Gasteiger partial charge in [-0.3, -0.25) is 4.57 Å². The van der Waals surface area contributed by atoms with Crippen molar-refractivity contribution in [3.8, 4) is 0 Å². The van der Waals surface area contributed by atoms with Crippen LogP contribution < -0.4 is 5.32 Å². The highest BCUT2D eigenvalue weighted by molar-refractivity contribution is 8.13. The second kappa shape index (κ2) is 8.01. The molecule has 0 aromatic carbocycles. The molecule has 1 aliphatic heterocycles. The van der Waals surface area contributed by atoms with Crippen LogP contribution in [0.4, 0.5) is 0 Å². The number of aryl methyl sites for hydroxylation is 1. The van der Waals surface area contributed by atoms with Gasteiger partial charge in [0.05, 0.1) is 0 Å². The molecule has 5 heteroatoms. The van der Waals surface area contributed by atoms with E-state index in [-0.39, 0.29) is 0 Å². The lowest BCUT2D eigenvalue weighted by molar-refractivity contribution is 0.901. The van der Waals surface area contributed by atoms with Crippen LogP contribution in [0, 0.1) is 0 Å². The average molecular weight is 377 g/mol. The van der Waals surface area contributed by atoms with Crippen LogP contribution in [0.15, 0.2) is 70.9 Å². The number of nitrogens with one attached hydrogen (secondary N) is 1. The van der Waals surface area contributed by atoms with E-state index in [9.17, 15) is 0 Å². The summed E-state index contributed by atoms with van der Waals surface area (Å²) in [5.41, 5.74) is 4.91. The quantitative estimate of drug-likeness (QED) is 0.830. The summed E-state index contributed by atoms with van der Waals surface area (Å²) >= 11 is 1.64. The summed E-state index contributed by atoms with van der Waals surface area (Å²) in [6.07, 6.45) is 24.2. The molecule has 27 heavy (non-hydrogen) atoms. The first-order chi connectivity index (χ1) is 13.3. The summed E-state index contributed by atoms with van der Waals surface area (Å²) in [7, 11) is 0. The molecule has 1 N–H and O–H groups in total. The van der Waals surface area contributed by atoms with Crippen LogP contribution in [0.5, 0.6) is 0 Å². The molecule has 0 saturated carbocycles. The van der Waals surface area contributed by atoms with Crippen LogP contribution in [-0.4, -0.2) is 27.5 Å². The fourth-order valence-corrected chi connectivity index (χ4v) is 3.86. The molecule has 0 amide bonds. The number of thioether (sulfide) groups is 1. The zero-order valence-corrected chi connectivity index (χ0v) is 16.6. The largest absolute Gasteiger partial charge is 0.364 e. The van der Waals surface area contributed by atoms with Gasteiger partial charge in [-0.1, -0.05) is 55.1 Å². The fourth-order valence-electron chi connectivity index (χ4n) is 3.43. The summed E-state index contributed by atoms with van der Waals surface area (Å²) < 4.78 is 2.22. The number of hydrogen-bond donors (Lipinski definition) is 1. The highest BCUT2D eigenvalue weighted by atomic mass is 32.2. The van der Waals surface area contributed by atoms with Gasteiger partial charge >= 0.3 is 0 Å². The lowest BCUT2D eigenvalue weighted by Crippen LogP contribution is -2.19. The van der Waals surface area contributed by atoms with Gasteiger partial charge in [0.25, 0.3) is 0 Å². The number of amidine groups is 1. The van der Waals surface area contributed by atoms with Gasteiger partial charge in [0, 0.05) is 24.0 Å². The molecule has 2 bridgehead atoms. The predicted molar refractivity (Wildman–Crippen MR) is 116 cm³/mol. The standard InChI is InChI=1S/C22H24N4S/c1-3-19-15-24-21(26(19)20-9-6-12-23-22(25-20)27-2)18-11-10-16-7-4-5-8-17(13-16)14-18/h4-5,7-11,14-15H,3,6,12-13H2,1-2H3,(H,23,25). The third-order valence-electron chi connectivity index (χ3n) is 4.80. The first kappa shape index (κ1) is 17.9. The molecule has 1 aromatic heterocycles. The van der Waals surface area contributed by atoms with E-state index < -0.39 is 0 Å². The van der Waals surface area contributed by atoms with Gasteiger partial charge in [-0.15, -0.1) is 0 Å². The molecule has 0 fully saturated rings. The Balaban J connectivity index is 1.84. The van der Waals surface area contributed by atoms with Crippen molar-refractivity contribution in [2.75, 3.05) is 12.8 Å². The maximum atomic E-state index is 4.87. The maximum Gasteiger partial charge on any atom is 0.163 e. The van der Waals surface area contributed by atoms with Crippen LogP contribution >= 0.6 is 11.8 Å². The number of fused-ring (bicyclic) bond motifs is 2. The van der Waals surface area contributed by atoms with Crippen LogP contribution in [0.3, 0.4) is 0 Å². The number of rotatable bonds is 3. The van der Waals surface area contributed by atoms with E-state index in [0.717, 1.165) is 48.2 Å². The zero-order valence-electron chi connectivity index (χ0n) is 15.8. The van der Waals surface area contributed by atoms with Gasteiger partial charge in [-0.2, -0.15) is 0 Å². The Kier molecular flexibility index (Phi) is 5.30. The molecule has 1 aromatic rings. The maximum absolute atomic E-state index is 4.87. The number of nitrogens with zero attached hydrogens (tertiary/aromatic N) is 3. The summed E-state index contributed by atoms with van der Waals surface area (Å²) in [5, 5.41) is 4.34. The number of aromatic nitrogens is 2. The molecule has 4 rings (SSSR count). The first-order valence-electron chi connectivity index (χ1n) is 9.38. The molecule has 4 nitrogen and oxygen atoms in total. The van der Waals surface area contributed by atoms with Gasteiger partial charge in [0.15, 0.2) is 5.17 Å². The minimum Gasteiger partial charge on any atom is -0.364 e. The van der Waals surface area contributed by atoms with E-state index in [1.54, 1.807) is 11.8 Å². The van der Waals surface area contributed by atoms with Crippen molar-refractivity contribution in [2.45, 2.75) is 26.2 Å². The molecule has 0 saturated heterocycles. The monoisotopic (exact) mass is 376 g/mol. The molecular weight excluding hydrogens is 352 g/mol. The number of aliphatic imine (C=N–C) groups is 1. The van der Waals surface area contributed by atoms with E-state index in [0.29, 0.717) is 0 Å². The number of imidazole rings is 1. The molecule has 2 aliphatic carbocycles. The Hall–Kier alpha value is -2.53. The van der Waals surface area contributed by atoms with E-state index in [1.165, 1.54) is 16.8 Å². The van der Waals surface area contributed by atoms with Gasteiger partial charge in [-0.05, 0) is 48.8 Å². The lowest BCUT2D eigenvalue weighted by atomic mass is 10.1. The third-order valence-corrected chi connectivity index (χ3v) is 5.42. The van der Waals surface area contributed by atoms with E-state index in [2.05, 4.69) is 71.7 Å². The summed E-state index contributed by atoms with van der Waals surface area (Å²) in [6, 6.07) is 0. The highest BCUT2D eigenvalue weighted by Crippen LogP contribution is 2.29. The van der Waals surface area contributed by atoms with Gasteiger partial charge < -0.3 is 5.32 Å². The second-order valence-corrected chi connectivity index (χ2v) is 7.43. The normalized spacial score (nSPS) is 19.0. The molecule has 2 heterocycles. The Labute approximate surface area is 164 Å². The van der Waals surface area contributed by atoms with E-state index in [1.807, 2.05) is 6.20 Å². The van der Waals surface area contributed by atoms with Crippen molar-refractivity contribution in [3.63, 3.8) is 0 Å². The van der Waals surface area contributed by atoms with Crippen LogP contribution in [0.1, 0.15) is 31.3 Å². The minimum atomic E-state index is 0.907. The summed E-state index contributed by atoms with van der Waals surface area (Å²) in [4.78, 5) is 9.66. The van der Waals surface area contributed by atoms with Crippen LogP contribution in [0.2, 0.25) is 0 Å². The second-order valence-electron chi connectivity index (χ2n) is 6.64. The Morgan fingerprint density at radius 3 is 2.85 bits per heavy atom. The molecular formula is C22H24N4S. The zero-order chi connectivity index (χ0) is 18.6. The Bertz CT molecular complexity index is 951. The number of allylic oxidation sites excluding steroid dienone is 10. The fraction of sp³-hybridized carbons (Fsp3) is 0.273. The molecule has 0 radical (unpaired) electrons. The van der Waals surface area contributed by atoms with Crippen LogP contribution in [0.25, 0.3) is 11.4 Å². The molecule has 0 atom stereocenters. The summed E-state index contributed by atoms with van der Waals surface area (Å²) in [5.74, 6) is 1.91. The molecule has 3 aliphatic rings. The first-order valence-corrected chi connectivity index (χ1v) is 10.6. The Morgan fingerprint density at radius 1 is 1.19 bits per heavy atom. The molecule has 138 valence electrons. The predicted octanol–water partition coefficient (Wildman–Crippen LogP) is 4.72. The van der Waals surface area contributed by atoms with Crippen molar-refractivity contribution >= 4 is 28.3 Å². The Morgan fingerprint density at radius 2 is 2.04 bits per heavy atom. The third kappa shape index (κ3) is 3.78. The lowest BCUT2D eigenvalue weighted by Gasteiger charge is -2.13. The highest BCUT2D eigenvalue weighted by Gasteiger charge is 2.18. The smallest absolute Gasteiger partial charge is 0.163 e. The van der Waals surface area contributed by atoms with Crippen molar-refractivity contribution in [3.05, 3.63) is 77.5 Å². The van der Waals surface area contributed by atoms with Crippen molar-refractivity contribution in [2.24, 2.45) is 4.99 Å². The van der Waals surface area contributed by atoms with E-state index >= 15 is 0 Å². The van der Waals surface area contributed by atoms with Crippen molar-refractivity contribution < 1.29 is 0 Å². The van der Waals surface area contributed by atoms with Gasteiger partial charge in [0.2, 0.25) is 0 Å². The van der Waals surface area contributed by atoms with Gasteiger partial charge in [0.1, 0.15) is 11.6 Å². The van der Waals surface area contributed by atoms with Crippen LogP contribution in [-0.2, 0) is 6.42 Å². The minimum absolute atomic E-state index is 0.907. The topological polar surface area (TPSA) is 42.2 Å². The van der Waals surface area contributed by atoms with Crippen molar-refractivity contribution in [1.82, 2.24) is 14.9 Å². The van der Waals surface area contributed by atoms with Gasteiger partial charge in [-0.25, -0.2) is 9.98 Å². The molecule has 0 spiro atoms.